The Labute approximate surface area is 96.1 Å². The quantitative estimate of drug-likeness (QED) is 0.790. The topological polar surface area (TPSA) is 46.5 Å². The van der Waals surface area contributed by atoms with Gasteiger partial charge in [-0.1, -0.05) is 23.8 Å². The van der Waals surface area contributed by atoms with Crippen molar-refractivity contribution in [3.8, 4) is 0 Å². The zero-order chi connectivity index (χ0) is 12.1. The number of ether oxygens (including phenoxy) is 1. The summed E-state index contributed by atoms with van der Waals surface area (Å²) in [6, 6.07) is 5.98. The molecule has 1 unspecified atom stereocenters. The van der Waals surface area contributed by atoms with Gasteiger partial charge >= 0.3 is 5.97 Å². The largest absolute Gasteiger partial charge is 0.464 e. The average Bonchev–Trinajstić information content (AvgIpc) is 2.23. The highest BCUT2D eigenvalue weighted by Gasteiger charge is 2.17. The van der Waals surface area contributed by atoms with Gasteiger partial charge in [-0.2, -0.15) is 0 Å². The number of aliphatic hydroxyl groups is 1. The van der Waals surface area contributed by atoms with Crippen molar-refractivity contribution in [2.75, 3.05) is 6.61 Å². The second-order valence-electron chi connectivity index (χ2n) is 3.90. The highest BCUT2D eigenvalue weighted by molar-refractivity contribution is 5.74. The van der Waals surface area contributed by atoms with Gasteiger partial charge in [0.05, 0.1) is 6.61 Å². The lowest BCUT2D eigenvalue weighted by molar-refractivity contribution is -0.152. The second kappa shape index (κ2) is 5.66. The highest BCUT2D eigenvalue weighted by atomic mass is 16.5. The van der Waals surface area contributed by atoms with Crippen LogP contribution in [-0.4, -0.2) is 23.8 Å². The van der Waals surface area contributed by atoms with Crippen LogP contribution in [0.15, 0.2) is 18.2 Å². The van der Waals surface area contributed by atoms with Gasteiger partial charge in [-0.15, -0.1) is 0 Å². The smallest absolute Gasteiger partial charge is 0.335 e. The number of aliphatic hydroxyl groups excluding tert-OH is 1. The van der Waals surface area contributed by atoms with E-state index in [1.54, 1.807) is 6.92 Å². The maximum atomic E-state index is 11.3. The van der Waals surface area contributed by atoms with E-state index in [4.69, 9.17) is 4.74 Å². The van der Waals surface area contributed by atoms with Crippen LogP contribution in [0.3, 0.4) is 0 Å². The zero-order valence-electron chi connectivity index (χ0n) is 9.99. The summed E-state index contributed by atoms with van der Waals surface area (Å²) in [5, 5.41) is 9.64. The normalized spacial score (nSPS) is 12.2. The molecule has 1 N–H and O–H groups in total. The molecule has 0 spiro atoms. The minimum atomic E-state index is -1.07. The molecule has 0 heterocycles. The van der Waals surface area contributed by atoms with Crippen molar-refractivity contribution in [3.05, 3.63) is 34.9 Å². The van der Waals surface area contributed by atoms with E-state index in [2.05, 4.69) is 0 Å². The van der Waals surface area contributed by atoms with Crippen molar-refractivity contribution in [1.82, 2.24) is 0 Å². The molecule has 0 amide bonds. The maximum Gasteiger partial charge on any atom is 0.335 e. The molecule has 16 heavy (non-hydrogen) atoms. The molecule has 1 aromatic rings. The monoisotopic (exact) mass is 222 g/mol. The molecule has 1 aromatic carbocycles. The van der Waals surface area contributed by atoms with E-state index in [9.17, 15) is 9.90 Å². The van der Waals surface area contributed by atoms with E-state index in [0.29, 0.717) is 13.0 Å². The summed E-state index contributed by atoms with van der Waals surface area (Å²) in [5.41, 5.74) is 3.19. The highest BCUT2D eigenvalue weighted by Crippen LogP contribution is 2.13. The van der Waals surface area contributed by atoms with Crippen LogP contribution in [0.1, 0.15) is 23.6 Å². The number of rotatable bonds is 4. The van der Waals surface area contributed by atoms with Crippen LogP contribution in [0.4, 0.5) is 0 Å². The van der Waals surface area contributed by atoms with E-state index < -0.39 is 12.1 Å². The van der Waals surface area contributed by atoms with Gasteiger partial charge in [0.15, 0.2) is 6.10 Å². The SMILES string of the molecule is CCOC(=O)C(O)Cc1cc(C)ccc1C. The van der Waals surface area contributed by atoms with Crippen LogP contribution in [0.2, 0.25) is 0 Å². The lowest BCUT2D eigenvalue weighted by Crippen LogP contribution is -2.25. The molecule has 0 saturated heterocycles. The number of hydrogen-bond donors (Lipinski definition) is 1. The third kappa shape index (κ3) is 3.35. The Morgan fingerprint density at radius 3 is 2.75 bits per heavy atom. The Kier molecular flexibility index (Phi) is 4.50. The van der Waals surface area contributed by atoms with Gasteiger partial charge in [0, 0.05) is 6.42 Å². The average molecular weight is 222 g/mol. The molecular formula is C13H18O3. The molecule has 88 valence electrons. The first kappa shape index (κ1) is 12.7. The molecular weight excluding hydrogens is 204 g/mol. The molecule has 0 saturated carbocycles. The van der Waals surface area contributed by atoms with Gasteiger partial charge in [-0.25, -0.2) is 4.79 Å². The molecule has 0 aliphatic carbocycles. The standard InChI is InChI=1S/C13H18O3/c1-4-16-13(15)12(14)8-11-7-9(2)5-6-10(11)3/h5-7,12,14H,4,8H2,1-3H3. The van der Waals surface area contributed by atoms with Gasteiger partial charge in [0.25, 0.3) is 0 Å². The van der Waals surface area contributed by atoms with Crippen molar-refractivity contribution in [2.45, 2.75) is 33.3 Å². The Balaban J connectivity index is 2.72. The van der Waals surface area contributed by atoms with E-state index in [1.165, 1.54) is 0 Å². The van der Waals surface area contributed by atoms with Crippen molar-refractivity contribution < 1.29 is 14.6 Å². The molecule has 0 aliphatic rings. The minimum Gasteiger partial charge on any atom is -0.464 e. The van der Waals surface area contributed by atoms with Crippen LogP contribution >= 0.6 is 0 Å². The van der Waals surface area contributed by atoms with E-state index in [0.717, 1.165) is 16.7 Å². The fourth-order valence-corrected chi connectivity index (χ4v) is 1.55. The molecule has 0 aliphatic heterocycles. The van der Waals surface area contributed by atoms with E-state index in [1.807, 2.05) is 32.0 Å². The number of hydrogen-bond acceptors (Lipinski definition) is 3. The first-order valence-electron chi connectivity index (χ1n) is 5.45. The van der Waals surface area contributed by atoms with Crippen molar-refractivity contribution >= 4 is 5.97 Å². The lowest BCUT2D eigenvalue weighted by Gasteiger charge is -2.12. The number of aryl methyl sites for hydroxylation is 2. The summed E-state index contributed by atoms with van der Waals surface area (Å²) in [6.45, 7) is 5.97. The molecule has 0 aromatic heterocycles. The number of benzene rings is 1. The van der Waals surface area contributed by atoms with Crippen LogP contribution in [0, 0.1) is 13.8 Å². The molecule has 0 fully saturated rings. The Bertz CT molecular complexity index is 371. The third-order valence-corrected chi connectivity index (χ3v) is 2.48. The number of esters is 1. The molecule has 3 nitrogen and oxygen atoms in total. The maximum absolute atomic E-state index is 11.3. The van der Waals surface area contributed by atoms with Gasteiger partial charge in [-0.05, 0) is 31.9 Å². The van der Waals surface area contributed by atoms with Crippen molar-refractivity contribution in [3.63, 3.8) is 0 Å². The zero-order valence-corrected chi connectivity index (χ0v) is 9.99. The number of carbonyl (C=O) groups excluding carboxylic acids is 1. The van der Waals surface area contributed by atoms with Crippen LogP contribution in [0.5, 0.6) is 0 Å². The van der Waals surface area contributed by atoms with Gasteiger partial charge < -0.3 is 9.84 Å². The first-order valence-corrected chi connectivity index (χ1v) is 5.45. The molecule has 1 atom stereocenters. The van der Waals surface area contributed by atoms with Gasteiger partial charge in [-0.3, -0.25) is 0 Å². The third-order valence-electron chi connectivity index (χ3n) is 2.48. The second-order valence-corrected chi connectivity index (χ2v) is 3.90. The summed E-state index contributed by atoms with van der Waals surface area (Å²) < 4.78 is 4.76. The van der Waals surface area contributed by atoms with Crippen LogP contribution in [0.25, 0.3) is 0 Å². The summed E-state index contributed by atoms with van der Waals surface area (Å²) in [6.07, 6.45) is -0.757. The fraction of sp³-hybridized carbons (Fsp3) is 0.462. The Morgan fingerprint density at radius 1 is 1.44 bits per heavy atom. The lowest BCUT2D eigenvalue weighted by atomic mass is 10.0. The van der Waals surface area contributed by atoms with Crippen molar-refractivity contribution in [1.29, 1.82) is 0 Å². The summed E-state index contributed by atoms with van der Waals surface area (Å²) >= 11 is 0. The summed E-state index contributed by atoms with van der Waals surface area (Å²) in [5.74, 6) is -0.552. The van der Waals surface area contributed by atoms with Gasteiger partial charge in [0.1, 0.15) is 0 Å². The summed E-state index contributed by atoms with van der Waals surface area (Å²) in [7, 11) is 0. The predicted octanol–water partition coefficient (Wildman–Crippen LogP) is 1.77. The fourth-order valence-electron chi connectivity index (χ4n) is 1.55. The van der Waals surface area contributed by atoms with Crippen LogP contribution in [-0.2, 0) is 16.0 Å². The first-order chi connectivity index (χ1) is 7.54. The predicted molar refractivity (Wildman–Crippen MR) is 62.3 cm³/mol. The molecule has 0 bridgehead atoms. The Morgan fingerprint density at radius 2 is 2.12 bits per heavy atom. The van der Waals surface area contributed by atoms with Crippen molar-refractivity contribution in [2.24, 2.45) is 0 Å². The van der Waals surface area contributed by atoms with Gasteiger partial charge in [0.2, 0.25) is 0 Å². The summed E-state index contributed by atoms with van der Waals surface area (Å²) in [4.78, 5) is 11.3. The molecule has 1 rings (SSSR count). The Hall–Kier alpha value is -1.35. The minimum absolute atomic E-state index is 0.294. The molecule has 0 radical (unpaired) electrons. The van der Waals surface area contributed by atoms with E-state index in [-0.39, 0.29) is 0 Å². The van der Waals surface area contributed by atoms with E-state index >= 15 is 0 Å². The molecule has 3 heteroatoms. The van der Waals surface area contributed by atoms with Crippen LogP contribution < -0.4 is 0 Å². The number of carbonyl (C=O) groups is 1.